The van der Waals surface area contributed by atoms with E-state index in [0.29, 0.717) is 11.8 Å². The van der Waals surface area contributed by atoms with Gasteiger partial charge in [-0.15, -0.1) is 0 Å². The molecule has 0 fully saturated rings. The van der Waals surface area contributed by atoms with Gasteiger partial charge in [0, 0.05) is 25.7 Å². The number of aromatic hydroxyl groups is 1. The molecule has 2 N–H and O–H groups in total. The molecule has 0 radical (unpaired) electrons. The lowest BCUT2D eigenvalue weighted by Crippen LogP contribution is -2.34. The third kappa shape index (κ3) is 5.09. The second-order valence-electron chi connectivity index (χ2n) is 4.92. The van der Waals surface area contributed by atoms with Crippen molar-refractivity contribution in [1.82, 2.24) is 10.2 Å². The minimum Gasteiger partial charge on any atom is -0.504 e. The Morgan fingerprint density at radius 1 is 1.42 bits per heavy atom. The first-order valence-corrected chi connectivity index (χ1v) is 6.85. The number of likely N-dealkylation sites (N-methyl/N-ethyl adjacent to an activating group) is 1. The van der Waals surface area contributed by atoms with Crippen LogP contribution in [0.4, 0.5) is 0 Å². The molecular formula is C15H26N2O2. The van der Waals surface area contributed by atoms with Crippen LogP contribution in [0.15, 0.2) is 18.2 Å². The first kappa shape index (κ1) is 15.8. The number of phenolic OH excluding ortho intramolecular Hbond substituents is 1. The van der Waals surface area contributed by atoms with Crippen LogP contribution in [0.2, 0.25) is 0 Å². The number of phenols is 1. The summed E-state index contributed by atoms with van der Waals surface area (Å²) >= 11 is 0. The average Bonchev–Trinajstić information content (AvgIpc) is 2.43. The first-order valence-electron chi connectivity index (χ1n) is 6.85. The molecule has 0 heterocycles. The number of methoxy groups -OCH3 is 1. The van der Waals surface area contributed by atoms with Crippen molar-refractivity contribution in [2.45, 2.75) is 32.9 Å². The summed E-state index contributed by atoms with van der Waals surface area (Å²) in [6.07, 6.45) is 1.17. The lowest BCUT2D eigenvalue weighted by molar-refractivity contribution is 0.251. The summed E-state index contributed by atoms with van der Waals surface area (Å²) < 4.78 is 5.09. The van der Waals surface area contributed by atoms with Gasteiger partial charge in [-0.2, -0.15) is 0 Å². The molecule has 0 saturated heterocycles. The zero-order valence-corrected chi connectivity index (χ0v) is 12.4. The second kappa shape index (κ2) is 8.02. The molecule has 0 saturated carbocycles. The standard InChI is InChI=1S/C15H26N2O2/c1-5-12(2)17(3)9-8-16-11-13-6-7-14(18)15(10-13)19-4/h6-7,10,12,16,18H,5,8-9,11H2,1-4H3. The molecule has 0 aliphatic rings. The topological polar surface area (TPSA) is 44.7 Å². The molecule has 0 bridgehead atoms. The normalized spacial score (nSPS) is 12.7. The van der Waals surface area contributed by atoms with Gasteiger partial charge in [0.1, 0.15) is 0 Å². The molecule has 1 unspecified atom stereocenters. The molecule has 4 nitrogen and oxygen atoms in total. The Balaban J connectivity index is 2.33. The fourth-order valence-electron chi connectivity index (χ4n) is 1.85. The number of nitrogens with zero attached hydrogens (tertiary/aromatic N) is 1. The summed E-state index contributed by atoms with van der Waals surface area (Å²) in [5.74, 6) is 0.707. The second-order valence-corrected chi connectivity index (χ2v) is 4.92. The Labute approximate surface area is 116 Å². The summed E-state index contributed by atoms with van der Waals surface area (Å²) in [6.45, 7) is 7.21. The van der Waals surface area contributed by atoms with Gasteiger partial charge in [0.15, 0.2) is 11.5 Å². The fraction of sp³-hybridized carbons (Fsp3) is 0.600. The molecule has 0 spiro atoms. The van der Waals surface area contributed by atoms with Gasteiger partial charge in [-0.25, -0.2) is 0 Å². The molecular weight excluding hydrogens is 240 g/mol. The van der Waals surface area contributed by atoms with Crippen LogP contribution < -0.4 is 10.1 Å². The highest BCUT2D eigenvalue weighted by molar-refractivity contribution is 5.41. The van der Waals surface area contributed by atoms with Crippen molar-refractivity contribution >= 4 is 0 Å². The Hall–Kier alpha value is -1.26. The smallest absolute Gasteiger partial charge is 0.160 e. The summed E-state index contributed by atoms with van der Waals surface area (Å²) in [6, 6.07) is 6.06. The van der Waals surface area contributed by atoms with Crippen LogP contribution in [0.3, 0.4) is 0 Å². The van der Waals surface area contributed by atoms with Gasteiger partial charge >= 0.3 is 0 Å². The number of ether oxygens (including phenoxy) is 1. The van der Waals surface area contributed by atoms with Crippen molar-refractivity contribution < 1.29 is 9.84 Å². The third-order valence-corrected chi connectivity index (χ3v) is 3.56. The predicted octanol–water partition coefficient (Wildman–Crippen LogP) is 2.22. The van der Waals surface area contributed by atoms with Gasteiger partial charge in [-0.1, -0.05) is 13.0 Å². The maximum Gasteiger partial charge on any atom is 0.160 e. The SMILES string of the molecule is CCC(C)N(C)CCNCc1ccc(O)c(OC)c1. The van der Waals surface area contributed by atoms with Crippen LogP contribution >= 0.6 is 0 Å². The first-order chi connectivity index (χ1) is 9.08. The molecule has 108 valence electrons. The number of hydrogen-bond donors (Lipinski definition) is 2. The molecule has 0 amide bonds. The van der Waals surface area contributed by atoms with E-state index in [2.05, 4.69) is 31.1 Å². The number of benzene rings is 1. The Bertz CT molecular complexity index is 382. The van der Waals surface area contributed by atoms with Crippen LogP contribution in [0.1, 0.15) is 25.8 Å². The van der Waals surface area contributed by atoms with E-state index < -0.39 is 0 Å². The number of hydrogen-bond acceptors (Lipinski definition) is 4. The van der Waals surface area contributed by atoms with E-state index in [0.717, 1.165) is 25.2 Å². The van der Waals surface area contributed by atoms with E-state index in [9.17, 15) is 5.11 Å². The number of rotatable bonds is 8. The Morgan fingerprint density at radius 2 is 2.16 bits per heavy atom. The Kier molecular flexibility index (Phi) is 6.67. The predicted molar refractivity (Wildman–Crippen MR) is 78.7 cm³/mol. The van der Waals surface area contributed by atoms with Crippen molar-refractivity contribution in [1.29, 1.82) is 0 Å². The van der Waals surface area contributed by atoms with E-state index in [-0.39, 0.29) is 5.75 Å². The molecule has 4 heteroatoms. The quantitative estimate of drug-likeness (QED) is 0.708. The van der Waals surface area contributed by atoms with Crippen LogP contribution in [-0.2, 0) is 6.54 Å². The summed E-state index contributed by atoms with van der Waals surface area (Å²) in [4.78, 5) is 2.35. The van der Waals surface area contributed by atoms with Crippen molar-refractivity contribution in [2.75, 3.05) is 27.2 Å². The van der Waals surface area contributed by atoms with Crippen LogP contribution in [0.25, 0.3) is 0 Å². The van der Waals surface area contributed by atoms with Crippen LogP contribution in [-0.4, -0.2) is 43.3 Å². The summed E-state index contributed by atoms with van der Waals surface area (Å²) in [7, 11) is 3.72. The molecule has 19 heavy (non-hydrogen) atoms. The van der Waals surface area contributed by atoms with Crippen LogP contribution in [0, 0.1) is 0 Å². The minimum absolute atomic E-state index is 0.183. The highest BCUT2D eigenvalue weighted by Crippen LogP contribution is 2.25. The zero-order valence-electron chi connectivity index (χ0n) is 12.4. The van der Waals surface area contributed by atoms with Gasteiger partial charge in [-0.05, 0) is 38.1 Å². The summed E-state index contributed by atoms with van der Waals surface area (Å²) in [5.41, 5.74) is 1.11. The molecule has 0 aliphatic carbocycles. The lowest BCUT2D eigenvalue weighted by Gasteiger charge is -2.23. The molecule has 1 atom stereocenters. The third-order valence-electron chi connectivity index (χ3n) is 3.56. The Morgan fingerprint density at radius 3 is 2.79 bits per heavy atom. The van der Waals surface area contributed by atoms with Gasteiger partial charge in [0.05, 0.1) is 7.11 Å². The van der Waals surface area contributed by atoms with Crippen molar-refractivity contribution in [3.8, 4) is 11.5 Å². The summed E-state index contributed by atoms with van der Waals surface area (Å²) in [5, 5.41) is 12.9. The highest BCUT2D eigenvalue weighted by atomic mass is 16.5. The van der Waals surface area contributed by atoms with E-state index in [1.807, 2.05) is 12.1 Å². The lowest BCUT2D eigenvalue weighted by atomic mass is 10.2. The molecule has 1 aromatic carbocycles. The zero-order chi connectivity index (χ0) is 14.3. The van der Waals surface area contributed by atoms with E-state index in [4.69, 9.17) is 4.74 Å². The largest absolute Gasteiger partial charge is 0.504 e. The average molecular weight is 266 g/mol. The van der Waals surface area contributed by atoms with Crippen molar-refractivity contribution in [2.24, 2.45) is 0 Å². The van der Waals surface area contributed by atoms with Crippen molar-refractivity contribution in [3.63, 3.8) is 0 Å². The van der Waals surface area contributed by atoms with E-state index >= 15 is 0 Å². The van der Waals surface area contributed by atoms with Gasteiger partial charge in [0.2, 0.25) is 0 Å². The molecule has 1 rings (SSSR count). The van der Waals surface area contributed by atoms with Crippen LogP contribution in [0.5, 0.6) is 11.5 Å². The molecule has 1 aromatic rings. The van der Waals surface area contributed by atoms with Gasteiger partial charge in [-0.3, -0.25) is 0 Å². The van der Waals surface area contributed by atoms with E-state index in [1.165, 1.54) is 6.42 Å². The number of nitrogens with one attached hydrogen (secondary N) is 1. The maximum absolute atomic E-state index is 9.52. The highest BCUT2D eigenvalue weighted by Gasteiger charge is 2.06. The maximum atomic E-state index is 9.52. The fourth-order valence-corrected chi connectivity index (χ4v) is 1.85. The molecule has 0 aliphatic heterocycles. The van der Waals surface area contributed by atoms with Gasteiger partial charge < -0.3 is 20.1 Å². The van der Waals surface area contributed by atoms with E-state index in [1.54, 1.807) is 13.2 Å². The molecule has 0 aromatic heterocycles. The minimum atomic E-state index is 0.183. The van der Waals surface area contributed by atoms with Gasteiger partial charge in [0.25, 0.3) is 0 Å². The van der Waals surface area contributed by atoms with Crippen molar-refractivity contribution in [3.05, 3.63) is 23.8 Å². The monoisotopic (exact) mass is 266 g/mol.